The SMILES string of the molecule is COCc1nc(NN)cc(OC(C)c2ccccc2)n1. The molecular formula is C14H18N4O2. The monoisotopic (exact) mass is 274 g/mol. The van der Waals surface area contributed by atoms with Crippen molar-refractivity contribution in [2.24, 2.45) is 5.84 Å². The van der Waals surface area contributed by atoms with Crippen molar-refractivity contribution in [3.05, 3.63) is 47.8 Å². The second-order valence-corrected chi connectivity index (χ2v) is 4.26. The van der Waals surface area contributed by atoms with Gasteiger partial charge in [-0.05, 0) is 12.5 Å². The van der Waals surface area contributed by atoms with Crippen LogP contribution in [-0.2, 0) is 11.3 Å². The summed E-state index contributed by atoms with van der Waals surface area (Å²) < 4.78 is 10.9. The molecule has 0 aliphatic heterocycles. The molecule has 0 saturated heterocycles. The van der Waals surface area contributed by atoms with Gasteiger partial charge in [0.25, 0.3) is 0 Å². The van der Waals surface area contributed by atoms with Gasteiger partial charge in [-0.1, -0.05) is 30.3 Å². The number of hydrogen-bond acceptors (Lipinski definition) is 6. The number of benzene rings is 1. The molecule has 1 unspecified atom stereocenters. The Kier molecular flexibility index (Phi) is 4.86. The van der Waals surface area contributed by atoms with E-state index in [1.54, 1.807) is 13.2 Å². The van der Waals surface area contributed by atoms with E-state index in [1.807, 2.05) is 37.3 Å². The van der Waals surface area contributed by atoms with Gasteiger partial charge < -0.3 is 14.9 Å². The van der Waals surface area contributed by atoms with Gasteiger partial charge in [0.05, 0.1) is 0 Å². The quantitative estimate of drug-likeness (QED) is 0.619. The lowest BCUT2D eigenvalue weighted by molar-refractivity contribution is 0.173. The summed E-state index contributed by atoms with van der Waals surface area (Å²) in [5, 5.41) is 0. The third kappa shape index (κ3) is 3.66. The van der Waals surface area contributed by atoms with E-state index in [4.69, 9.17) is 15.3 Å². The summed E-state index contributed by atoms with van der Waals surface area (Å²) in [5.41, 5.74) is 3.56. The summed E-state index contributed by atoms with van der Waals surface area (Å²) in [5.74, 6) is 6.84. The van der Waals surface area contributed by atoms with Gasteiger partial charge in [0.1, 0.15) is 18.5 Å². The second kappa shape index (κ2) is 6.83. The Morgan fingerprint density at radius 1 is 1.25 bits per heavy atom. The fraction of sp³-hybridized carbons (Fsp3) is 0.286. The summed E-state index contributed by atoms with van der Waals surface area (Å²) in [7, 11) is 1.58. The molecule has 1 aromatic heterocycles. The van der Waals surface area contributed by atoms with E-state index in [9.17, 15) is 0 Å². The van der Waals surface area contributed by atoms with Crippen LogP contribution in [-0.4, -0.2) is 17.1 Å². The van der Waals surface area contributed by atoms with E-state index < -0.39 is 0 Å². The van der Waals surface area contributed by atoms with Gasteiger partial charge in [-0.3, -0.25) is 0 Å². The van der Waals surface area contributed by atoms with Crippen LogP contribution in [0.4, 0.5) is 5.82 Å². The molecule has 0 saturated carbocycles. The number of rotatable bonds is 6. The fourth-order valence-electron chi connectivity index (χ4n) is 1.77. The molecule has 0 aliphatic rings. The summed E-state index contributed by atoms with van der Waals surface area (Å²) in [6, 6.07) is 11.6. The van der Waals surface area contributed by atoms with Crippen molar-refractivity contribution in [1.29, 1.82) is 0 Å². The highest BCUT2D eigenvalue weighted by Crippen LogP contribution is 2.21. The molecule has 2 aromatic rings. The van der Waals surface area contributed by atoms with Crippen molar-refractivity contribution in [3.8, 4) is 5.88 Å². The third-order valence-corrected chi connectivity index (χ3v) is 2.74. The van der Waals surface area contributed by atoms with Crippen molar-refractivity contribution in [3.63, 3.8) is 0 Å². The lowest BCUT2D eigenvalue weighted by Gasteiger charge is -2.15. The maximum atomic E-state index is 5.83. The van der Waals surface area contributed by atoms with Crippen LogP contribution in [0, 0.1) is 0 Å². The molecule has 0 bridgehead atoms. The smallest absolute Gasteiger partial charge is 0.219 e. The van der Waals surface area contributed by atoms with Crippen molar-refractivity contribution in [1.82, 2.24) is 9.97 Å². The number of ether oxygens (including phenoxy) is 2. The van der Waals surface area contributed by atoms with Crippen LogP contribution < -0.4 is 16.0 Å². The van der Waals surface area contributed by atoms with Crippen LogP contribution in [0.2, 0.25) is 0 Å². The highest BCUT2D eigenvalue weighted by atomic mass is 16.5. The minimum absolute atomic E-state index is 0.118. The van der Waals surface area contributed by atoms with E-state index >= 15 is 0 Å². The molecule has 20 heavy (non-hydrogen) atoms. The van der Waals surface area contributed by atoms with Crippen molar-refractivity contribution < 1.29 is 9.47 Å². The lowest BCUT2D eigenvalue weighted by atomic mass is 10.1. The number of hydrogen-bond donors (Lipinski definition) is 2. The number of nitrogens with zero attached hydrogens (tertiary/aromatic N) is 2. The number of aromatic nitrogens is 2. The van der Waals surface area contributed by atoms with Gasteiger partial charge in [0.2, 0.25) is 5.88 Å². The van der Waals surface area contributed by atoms with Crippen LogP contribution >= 0.6 is 0 Å². The molecule has 6 heteroatoms. The molecule has 1 atom stereocenters. The largest absolute Gasteiger partial charge is 0.470 e. The first-order valence-corrected chi connectivity index (χ1v) is 6.28. The van der Waals surface area contributed by atoms with Gasteiger partial charge in [-0.25, -0.2) is 10.8 Å². The molecule has 106 valence electrons. The molecule has 0 radical (unpaired) electrons. The molecule has 0 aliphatic carbocycles. The molecule has 6 nitrogen and oxygen atoms in total. The minimum Gasteiger partial charge on any atom is -0.470 e. The highest BCUT2D eigenvalue weighted by molar-refractivity contribution is 5.37. The zero-order valence-electron chi connectivity index (χ0n) is 11.5. The zero-order valence-corrected chi connectivity index (χ0v) is 11.5. The number of anilines is 1. The average molecular weight is 274 g/mol. The first-order valence-electron chi connectivity index (χ1n) is 6.28. The van der Waals surface area contributed by atoms with Crippen LogP contribution in [0.3, 0.4) is 0 Å². The topological polar surface area (TPSA) is 82.3 Å². The first kappa shape index (κ1) is 14.2. The van der Waals surface area contributed by atoms with Crippen LogP contribution in [0.25, 0.3) is 0 Å². The van der Waals surface area contributed by atoms with Gasteiger partial charge in [-0.2, -0.15) is 4.98 Å². The summed E-state index contributed by atoms with van der Waals surface area (Å²) in [6.07, 6.45) is -0.118. The Morgan fingerprint density at radius 2 is 2.00 bits per heavy atom. The molecule has 0 amide bonds. The van der Waals surface area contributed by atoms with Crippen LogP contribution in [0.5, 0.6) is 5.88 Å². The van der Waals surface area contributed by atoms with Crippen molar-refractivity contribution >= 4 is 5.82 Å². The Bertz CT molecular complexity index is 548. The normalized spacial score (nSPS) is 11.9. The third-order valence-electron chi connectivity index (χ3n) is 2.74. The predicted octanol–water partition coefficient (Wildman–Crippen LogP) is 2.05. The van der Waals surface area contributed by atoms with E-state index in [-0.39, 0.29) is 6.10 Å². The van der Waals surface area contributed by atoms with E-state index in [1.165, 1.54) is 0 Å². The Balaban J connectivity index is 2.17. The molecule has 0 fully saturated rings. The lowest BCUT2D eigenvalue weighted by Crippen LogP contribution is -2.12. The molecule has 3 N–H and O–H groups in total. The average Bonchev–Trinajstić information content (AvgIpc) is 2.48. The molecule has 2 rings (SSSR count). The van der Waals surface area contributed by atoms with Crippen LogP contribution in [0.15, 0.2) is 36.4 Å². The maximum absolute atomic E-state index is 5.83. The van der Waals surface area contributed by atoms with Gasteiger partial charge >= 0.3 is 0 Å². The first-order chi connectivity index (χ1) is 9.72. The van der Waals surface area contributed by atoms with Gasteiger partial charge in [0.15, 0.2) is 5.82 Å². The van der Waals surface area contributed by atoms with E-state index in [2.05, 4.69) is 15.4 Å². The number of nitrogen functional groups attached to an aromatic ring is 1. The van der Waals surface area contributed by atoms with Crippen molar-refractivity contribution in [2.75, 3.05) is 12.5 Å². The van der Waals surface area contributed by atoms with Crippen LogP contribution in [0.1, 0.15) is 24.4 Å². The summed E-state index contributed by atoms with van der Waals surface area (Å²) in [4.78, 5) is 8.45. The molecule has 0 spiro atoms. The number of methoxy groups -OCH3 is 1. The zero-order chi connectivity index (χ0) is 14.4. The number of hydrazine groups is 1. The molecule has 1 heterocycles. The molecular weight excluding hydrogens is 256 g/mol. The Hall–Kier alpha value is -2.18. The predicted molar refractivity (Wildman–Crippen MR) is 76.0 cm³/mol. The van der Waals surface area contributed by atoms with E-state index in [0.29, 0.717) is 24.1 Å². The summed E-state index contributed by atoms with van der Waals surface area (Å²) >= 11 is 0. The number of nitrogens with two attached hydrogens (primary N) is 1. The fourth-order valence-corrected chi connectivity index (χ4v) is 1.77. The van der Waals surface area contributed by atoms with Gasteiger partial charge in [-0.15, -0.1) is 0 Å². The maximum Gasteiger partial charge on any atom is 0.219 e. The standard InChI is InChI=1S/C14H18N4O2/c1-10(11-6-4-3-5-7-11)20-14-8-12(18-15)16-13(17-14)9-19-2/h3-8,10H,9,15H2,1-2H3,(H,16,17,18). The van der Waals surface area contributed by atoms with E-state index in [0.717, 1.165) is 5.56 Å². The number of nitrogens with one attached hydrogen (secondary N) is 1. The Labute approximate surface area is 117 Å². The Morgan fingerprint density at radius 3 is 2.65 bits per heavy atom. The highest BCUT2D eigenvalue weighted by Gasteiger charge is 2.10. The minimum atomic E-state index is -0.118. The second-order valence-electron chi connectivity index (χ2n) is 4.26. The van der Waals surface area contributed by atoms with Gasteiger partial charge in [0, 0.05) is 13.2 Å². The molecule has 1 aromatic carbocycles. The van der Waals surface area contributed by atoms with Crippen molar-refractivity contribution in [2.45, 2.75) is 19.6 Å². The summed E-state index contributed by atoms with van der Waals surface area (Å²) in [6.45, 7) is 2.26.